The Balaban J connectivity index is 1.94. The van der Waals surface area contributed by atoms with Crippen molar-refractivity contribution in [1.82, 2.24) is 0 Å². The molecule has 1 amide bonds. The van der Waals surface area contributed by atoms with Crippen molar-refractivity contribution in [3.05, 3.63) is 53.1 Å². The van der Waals surface area contributed by atoms with Gasteiger partial charge in [0.05, 0.1) is 17.4 Å². The topological polar surface area (TPSA) is 78.9 Å². The smallest absolute Gasteiger partial charge is 0.234 e. The van der Waals surface area contributed by atoms with Crippen LogP contribution in [0.1, 0.15) is 5.56 Å². The Kier molecular flexibility index (Phi) is 5.09. The molecule has 6 heteroatoms. The minimum atomic E-state index is -0.163. The van der Waals surface area contributed by atoms with Gasteiger partial charge in [0.25, 0.3) is 0 Å². The van der Waals surface area contributed by atoms with Crippen LogP contribution in [-0.4, -0.2) is 11.7 Å². The van der Waals surface area contributed by atoms with Gasteiger partial charge in [-0.25, -0.2) is 0 Å². The summed E-state index contributed by atoms with van der Waals surface area (Å²) in [5.41, 5.74) is 7.48. The molecule has 4 nitrogen and oxygen atoms in total. The van der Waals surface area contributed by atoms with E-state index in [0.717, 1.165) is 4.90 Å². The zero-order chi connectivity index (χ0) is 15.2. The quantitative estimate of drug-likeness (QED) is 0.668. The molecule has 21 heavy (non-hydrogen) atoms. The van der Waals surface area contributed by atoms with Gasteiger partial charge in [-0.05, 0) is 36.4 Å². The number of nitrogen functional groups attached to an aromatic ring is 1. The van der Waals surface area contributed by atoms with Crippen molar-refractivity contribution in [2.24, 2.45) is 0 Å². The van der Waals surface area contributed by atoms with Gasteiger partial charge in [-0.2, -0.15) is 5.26 Å². The number of nitrogens with one attached hydrogen (secondary N) is 1. The molecule has 0 radical (unpaired) electrons. The normalized spacial score (nSPS) is 9.90. The number of hydrogen-bond acceptors (Lipinski definition) is 4. The van der Waals surface area contributed by atoms with Crippen molar-refractivity contribution in [2.45, 2.75) is 4.90 Å². The van der Waals surface area contributed by atoms with Crippen LogP contribution in [0, 0.1) is 11.3 Å². The SMILES string of the molecule is N#Cc1cccc(NC(=O)CSc2ccc(Cl)cc2N)c1. The van der Waals surface area contributed by atoms with Crippen molar-refractivity contribution in [1.29, 1.82) is 5.26 Å². The van der Waals surface area contributed by atoms with Crippen molar-refractivity contribution in [3.63, 3.8) is 0 Å². The fourth-order valence-corrected chi connectivity index (χ4v) is 2.59. The van der Waals surface area contributed by atoms with Gasteiger partial charge in [0.15, 0.2) is 0 Å². The van der Waals surface area contributed by atoms with Gasteiger partial charge in [0.2, 0.25) is 5.91 Å². The van der Waals surface area contributed by atoms with E-state index in [9.17, 15) is 4.79 Å². The third-order valence-electron chi connectivity index (χ3n) is 2.61. The predicted octanol–water partition coefficient (Wildman–Crippen LogP) is 3.52. The maximum Gasteiger partial charge on any atom is 0.234 e. The molecule has 106 valence electrons. The van der Waals surface area contributed by atoms with Gasteiger partial charge in [0.1, 0.15) is 0 Å². The number of halogens is 1. The second kappa shape index (κ2) is 7.02. The van der Waals surface area contributed by atoms with Gasteiger partial charge in [-0.3, -0.25) is 4.79 Å². The number of carbonyl (C=O) groups excluding carboxylic acids is 1. The number of nitrogens with two attached hydrogens (primary N) is 1. The molecule has 2 rings (SSSR count). The molecular weight excluding hydrogens is 306 g/mol. The lowest BCUT2D eigenvalue weighted by Crippen LogP contribution is -2.14. The Labute approximate surface area is 131 Å². The predicted molar refractivity (Wildman–Crippen MR) is 86.4 cm³/mol. The first-order valence-corrected chi connectivity index (χ1v) is 7.42. The first kappa shape index (κ1) is 15.2. The van der Waals surface area contributed by atoms with Crippen LogP contribution >= 0.6 is 23.4 Å². The summed E-state index contributed by atoms with van der Waals surface area (Å²) in [5, 5.41) is 12.1. The van der Waals surface area contributed by atoms with E-state index in [0.29, 0.717) is 22.0 Å². The lowest BCUT2D eigenvalue weighted by Gasteiger charge is -2.07. The number of nitriles is 1. The third kappa shape index (κ3) is 4.42. The number of anilines is 2. The number of thioether (sulfide) groups is 1. The average molecular weight is 318 g/mol. The zero-order valence-electron chi connectivity index (χ0n) is 11.0. The molecule has 0 saturated heterocycles. The number of benzene rings is 2. The average Bonchev–Trinajstić information content (AvgIpc) is 2.46. The highest BCUT2D eigenvalue weighted by atomic mass is 35.5. The van der Waals surface area contributed by atoms with Crippen molar-refractivity contribution >= 4 is 40.6 Å². The molecule has 0 aliphatic heterocycles. The number of rotatable bonds is 4. The maximum atomic E-state index is 11.9. The van der Waals surface area contributed by atoms with E-state index < -0.39 is 0 Å². The number of nitrogens with zero attached hydrogens (tertiary/aromatic N) is 1. The third-order valence-corrected chi connectivity index (χ3v) is 3.93. The summed E-state index contributed by atoms with van der Waals surface area (Å²) in [6.45, 7) is 0. The van der Waals surface area contributed by atoms with E-state index in [4.69, 9.17) is 22.6 Å². The van der Waals surface area contributed by atoms with Crippen molar-refractivity contribution < 1.29 is 4.79 Å². The van der Waals surface area contributed by atoms with E-state index in [1.165, 1.54) is 11.8 Å². The number of hydrogen-bond donors (Lipinski definition) is 2. The molecule has 0 aliphatic carbocycles. The number of amides is 1. The van der Waals surface area contributed by atoms with E-state index in [1.807, 2.05) is 6.07 Å². The number of carbonyl (C=O) groups is 1. The molecule has 0 aliphatic rings. The standard InChI is InChI=1S/C15H12ClN3OS/c16-11-4-5-14(13(18)7-11)21-9-15(20)19-12-3-1-2-10(6-12)8-17/h1-7H,9,18H2,(H,19,20). The summed E-state index contributed by atoms with van der Waals surface area (Å²) < 4.78 is 0. The molecule has 0 spiro atoms. The van der Waals surface area contributed by atoms with Crippen LogP contribution in [0.4, 0.5) is 11.4 Å². The van der Waals surface area contributed by atoms with Gasteiger partial charge in [0, 0.05) is 21.3 Å². The second-order valence-corrected chi connectivity index (χ2v) is 5.67. The fraction of sp³-hybridized carbons (Fsp3) is 0.0667. The lowest BCUT2D eigenvalue weighted by atomic mass is 10.2. The monoisotopic (exact) mass is 317 g/mol. The zero-order valence-corrected chi connectivity index (χ0v) is 12.5. The molecule has 0 unspecified atom stereocenters. The largest absolute Gasteiger partial charge is 0.398 e. The molecule has 3 N–H and O–H groups in total. The van der Waals surface area contributed by atoms with E-state index in [-0.39, 0.29) is 11.7 Å². The van der Waals surface area contributed by atoms with Crippen LogP contribution in [0.15, 0.2) is 47.4 Å². The van der Waals surface area contributed by atoms with Crippen LogP contribution in [0.2, 0.25) is 5.02 Å². The molecule has 0 fully saturated rings. The highest BCUT2D eigenvalue weighted by Crippen LogP contribution is 2.27. The van der Waals surface area contributed by atoms with Crippen LogP contribution in [-0.2, 0) is 4.79 Å². The Bertz CT molecular complexity index is 712. The van der Waals surface area contributed by atoms with Crippen LogP contribution < -0.4 is 11.1 Å². The van der Waals surface area contributed by atoms with Gasteiger partial charge < -0.3 is 11.1 Å². The van der Waals surface area contributed by atoms with Crippen LogP contribution in [0.3, 0.4) is 0 Å². The molecule has 2 aromatic rings. The van der Waals surface area contributed by atoms with E-state index in [2.05, 4.69) is 5.32 Å². The minimum Gasteiger partial charge on any atom is -0.398 e. The van der Waals surface area contributed by atoms with E-state index >= 15 is 0 Å². The first-order valence-electron chi connectivity index (χ1n) is 6.06. The summed E-state index contributed by atoms with van der Waals surface area (Å²) >= 11 is 7.15. The fourth-order valence-electron chi connectivity index (χ4n) is 1.66. The van der Waals surface area contributed by atoms with Crippen LogP contribution in [0.5, 0.6) is 0 Å². The minimum absolute atomic E-state index is 0.163. The maximum absolute atomic E-state index is 11.9. The summed E-state index contributed by atoms with van der Waals surface area (Å²) in [6.07, 6.45) is 0. The molecule has 0 saturated carbocycles. The van der Waals surface area contributed by atoms with Crippen molar-refractivity contribution in [2.75, 3.05) is 16.8 Å². The molecular formula is C15H12ClN3OS. The Morgan fingerprint density at radius 3 is 2.86 bits per heavy atom. The second-order valence-electron chi connectivity index (χ2n) is 4.21. The summed E-state index contributed by atoms with van der Waals surface area (Å²) in [4.78, 5) is 12.7. The Morgan fingerprint density at radius 2 is 2.14 bits per heavy atom. The molecule has 2 aromatic carbocycles. The molecule has 0 heterocycles. The Hall–Kier alpha value is -2.16. The van der Waals surface area contributed by atoms with Gasteiger partial charge >= 0.3 is 0 Å². The molecule has 0 aromatic heterocycles. The van der Waals surface area contributed by atoms with Gasteiger partial charge in [-0.15, -0.1) is 11.8 Å². The first-order chi connectivity index (χ1) is 10.1. The highest BCUT2D eigenvalue weighted by molar-refractivity contribution is 8.00. The summed E-state index contributed by atoms with van der Waals surface area (Å²) in [6, 6.07) is 14.0. The Morgan fingerprint density at radius 1 is 1.33 bits per heavy atom. The van der Waals surface area contributed by atoms with Crippen LogP contribution in [0.25, 0.3) is 0 Å². The van der Waals surface area contributed by atoms with Gasteiger partial charge in [-0.1, -0.05) is 17.7 Å². The van der Waals surface area contributed by atoms with E-state index in [1.54, 1.807) is 42.5 Å². The molecule has 0 atom stereocenters. The highest BCUT2D eigenvalue weighted by Gasteiger charge is 2.06. The lowest BCUT2D eigenvalue weighted by molar-refractivity contribution is -0.113. The summed E-state index contributed by atoms with van der Waals surface area (Å²) in [5.74, 6) is 0.0623. The summed E-state index contributed by atoms with van der Waals surface area (Å²) in [7, 11) is 0. The molecule has 0 bridgehead atoms. The van der Waals surface area contributed by atoms with Crippen molar-refractivity contribution in [3.8, 4) is 6.07 Å².